The Balaban J connectivity index is 1.65. The number of aromatic nitrogens is 3. The predicted octanol–water partition coefficient (Wildman–Crippen LogP) is 1.93. The number of hydrogen-bond acceptors (Lipinski definition) is 11. The van der Waals surface area contributed by atoms with Crippen LogP contribution in [0.15, 0.2) is 60.8 Å². The molecule has 0 radical (unpaired) electrons. The molecule has 0 aliphatic carbocycles. The van der Waals surface area contributed by atoms with E-state index in [1.54, 1.807) is 18.3 Å². The first-order valence-electron chi connectivity index (χ1n) is 12.7. The number of nitrogens with zero attached hydrogens (tertiary/aromatic N) is 4. The van der Waals surface area contributed by atoms with E-state index in [1.807, 2.05) is 30.3 Å². The molecule has 212 valence electrons. The molecule has 5 atom stereocenters. The van der Waals surface area contributed by atoms with Crippen molar-refractivity contribution in [2.24, 2.45) is 0 Å². The third kappa shape index (κ3) is 5.43. The molecule has 3 aromatic rings. The fourth-order valence-electron chi connectivity index (χ4n) is 5.02. The van der Waals surface area contributed by atoms with Crippen LogP contribution in [0.4, 0.5) is 0 Å². The van der Waals surface area contributed by atoms with Gasteiger partial charge in [0, 0.05) is 26.3 Å². The molecule has 5 rings (SSSR count). The first-order chi connectivity index (χ1) is 19.7. The average molecular weight is 563 g/mol. The molecule has 13 heteroatoms. The lowest BCUT2D eigenvalue weighted by Crippen LogP contribution is -2.65. The minimum Gasteiger partial charge on any atom is -0.463 e. The number of carbonyl (C=O) groups is 5. The largest absolute Gasteiger partial charge is 0.463 e. The minimum atomic E-state index is -1.43. The molecule has 1 fully saturated rings. The van der Waals surface area contributed by atoms with E-state index in [-0.39, 0.29) is 11.1 Å². The van der Waals surface area contributed by atoms with Crippen molar-refractivity contribution in [2.75, 3.05) is 6.61 Å². The van der Waals surface area contributed by atoms with Gasteiger partial charge in [-0.05, 0) is 12.1 Å². The van der Waals surface area contributed by atoms with E-state index in [1.165, 1.54) is 23.7 Å². The van der Waals surface area contributed by atoms with Crippen LogP contribution >= 0.6 is 0 Å². The summed E-state index contributed by atoms with van der Waals surface area (Å²) in [5.74, 6) is -3.49. The Labute approximate surface area is 233 Å². The lowest BCUT2D eigenvalue weighted by Gasteiger charge is -2.47. The molecular formula is C28H26N4O9. The molecule has 1 saturated heterocycles. The first kappa shape index (κ1) is 27.6. The highest BCUT2D eigenvalue weighted by Crippen LogP contribution is 2.39. The normalized spacial score (nSPS) is 23.6. The monoisotopic (exact) mass is 562 g/mol. The van der Waals surface area contributed by atoms with Gasteiger partial charge in [-0.15, -0.1) is 5.10 Å². The maximum atomic E-state index is 13.7. The number of ether oxygens (including phenoxy) is 4. The van der Waals surface area contributed by atoms with Crippen LogP contribution < -0.4 is 0 Å². The zero-order valence-electron chi connectivity index (χ0n) is 22.3. The van der Waals surface area contributed by atoms with Crippen molar-refractivity contribution < 1.29 is 42.9 Å². The summed E-state index contributed by atoms with van der Waals surface area (Å²) in [6, 6.07) is 14.0. The number of rotatable bonds is 7. The third-order valence-electron chi connectivity index (χ3n) is 6.65. The van der Waals surface area contributed by atoms with Gasteiger partial charge in [0.15, 0.2) is 18.4 Å². The fourth-order valence-corrected chi connectivity index (χ4v) is 5.02. The Morgan fingerprint density at radius 2 is 1.41 bits per heavy atom. The number of carbonyl (C=O) groups excluding carboxylic acids is 5. The van der Waals surface area contributed by atoms with E-state index in [0.29, 0.717) is 5.69 Å². The van der Waals surface area contributed by atoms with Crippen LogP contribution in [0.2, 0.25) is 0 Å². The highest BCUT2D eigenvalue weighted by molar-refractivity contribution is 6.21. The van der Waals surface area contributed by atoms with Crippen LogP contribution in [0, 0.1) is 0 Å². The molecular weight excluding hydrogens is 536 g/mol. The lowest BCUT2D eigenvalue weighted by molar-refractivity contribution is -0.246. The maximum Gasteiger partial charge on any atom is 0.303 e. The Morgan fingerprint density at radius 3 is 2.00 bits per heavy atom. The van der Waals surface area contributed by atoms with Crippen molar-refractivity contribution in [3.05, 3.63) is 71.9 Å². The van der Waals surface area contributed by atoms with Crippen molar-refractivity contribution in [2.45, 2.75) is 51.4 Å². The molecule has 1 aromatic heterocycles. The highest BCUT2D eigenvalue weighted by Gasteiger charge is 2.57. The van der Waals surface area contributed by atoms with E-state index in [9.17, 15) is 24.0 Å². The molecule has 0 spiro atoms. The number of amides is 2. The second-order valence-electron chi connectivity index (χ2n) is 9.48. The summed E-state index contributed by atoms with van der Waals surface area (Å²) >= 11 is 0. The van der Waals surface area contributed by atoms with Gasteiger partial charge in [-0.25, -0.2) is 4.68 Å². The van der Waals surface area contributed by atoms with Gasteiger partial charge in [0.25, 0.3) is 11.8 Å². The van der Waals surface area contributed by atoms with Gasteiger partial charge in [-0.3, -0.25) is 28.9 Å². The summed E-state index contributed by atoms with van der Waals surface area (Å²) < 4.78 is 23.9. The Bertz CT molecular complexity index is 1470. The Hall–Kier alpha value is -4.91. The van der Waals surface area contributed by atoms with Crippen molar-refractivity contribution in [3.63, 3.8) is 0 Å². The van der Waals surface area contributed by atoms with Crippen LogP contribution in [0.1, 0.15) is 47.7 Å². The minimum absolute atomic E-state index is 0.146. The Morgan fingerprint density at radius 1 is 0.829 bits per heavy atom. The number of hydrogen-bond donors (Lipinski definition) is 0. The van der Waals surface area contributed by atoms with Gasteiger partial charge in [-0.1, -0.05) is 47.7 Å². The summed E-state index contributed by atoms with van der Waals surface area (Å²) in [5.41, 5.74) is 1.48. The van der Waals surface area contributed by atoms with E-state index in [0.717, 1.165) is 24.3 Å². The summed E-state index contributed by atoms with van der Waals surface area (Å²) in [6.45, 7) is 3.08. The number of fused-ring (bicyclic) bond motifs is 1. The molecule has 0 bridgehead atoms. The maximum absolute atomic E-state index is 13.7. The smallest absolute Gasteiger partial charge is 0.303 e. The van der Waals surface area contributed by atoms with Crippen molar-refractivity contribution in [1.82, 2.24) is 19.9 Å². The second kappa shape index (κ2) is 11.3. The number of esters is 3. The third-order valence-corrected chi connectivity index (χ3v) is 6.65. The van der Waals surface area contributed by atoms with Crippen LogP contribution in [-0.4, -0.2) is 80.6 Å². The molecule has 0 N–H and O–H groups in total. The number of benzene rings is 2. The van der Waals surface area contributed by atoms with E-state index < -0.39 is 66.9 Å². The van der Waals surface area contributed by atoms with Crippen molar-refractivity contribution in [1.29, 1.82) is 0 Å². The van der Waals surface area contributed by atoms with Gasteiger partial charge in [0.05, 0.1) is 17.3 Å². The summed E-state index contributed by atoms with van der Waals surface area (Å²) in [7, 11) is 0. The summed E-state index contributed by atoms with van der Waals surface area (Å²) in [5, 5.41) is 8.42. The molecule has 0 saturated carbocycles. The first-order valence-corrected chi connectivity index (χ1v) is 12.7. The molecule has 13 nitrogen and oxygen atoms in total. The van der Waals surface area contributed by atoms with E-state index >= 15 is 0 Å². The summed E-state index contributed by atoms with van der Waals surface area (Å²) in [6.07, 6.45) is -3.71. The second-order valence-corrected chi connectivity index (χ2v) is 9.48. The van der Waals surface area contributed by atoms with Gasteiger partial charge in [-0.2, -0.15) is 0 Å². The van der Waals surface area contributed by atoms with Crippen LogP contribution in [0.25, 0.3) is 11.3 Å². The van der Waals surface area contributed by atoms with Crippen molar-refractivity contribution >= 4 is 29.7 Å². The Kier molecular flexibility index (Phi) is 7.62. The van der Waals surface area contributed by atoms with Gasteiger partial charge in [0.2, 0.25) is 0 Å². The fraction of sp³-hybridized carbons (Fsp3) is 0.321. The van der Waals surface area contributed by atoms with E-state index in [2.05, 4.69) is 10.3 Å². The molecule has 41 heavy (non-hydrogen) atoms. The zero-order valence-corrected chi connectivity index (χ0v) is 22.3. The highest BCUT2D eigenvalue weighted by atomic mass is 16.6. The molecule has 3 heterocycles. The van der Waals surface area contributed by atoms with Crippen LogP contribution in [0.5, 0.6) is 0 Å². The molecule has 0 unspecified atom stereocenters. The lowest BCUT2D eigenvalue weighted by atomic mass is 9.93. The summed E-state index contributed by atoms with van der Waals surface area (Å²) in [4.78, 5) is 64.5. The number of imide groups is 1. The van der Waals surface area contributed by atoms with Crippen molar-refractivity contribution in [3.8, 4) is 11.3 Å². The molecule has 2 aliphatic heterocycles. The zero-order chi connectivity index (χ0) is 29.3. The predicted molar refractivity (Wildman–Crippen MR) is 138 cm³/mol. The van der Waals surface area contributed by atoms with E-state index in [4.69, 9.17) is 18.9 Å². The molecule has 2 aliphatic rings. The quantitative estimate of drug-likeness (QED) is 0.235. The standard InChI is InChI=1S/C28H26N4O9/c1-15(33)38-14-22-24(39-16(2)34)25(40-17(3)35)23(32-26(36)19-11-7-8-12-20(19)27(32)37)28(41-22)31-13-21(29-30-31)18-9-5-4-6-10-18/h4-13,22-25,28H,14H2,1-3H3/t22-,23-,24-,25-,28-/m1/s1. The average Bonchev–Trinajstić information content (AvgIpc) is 3.52. The topological polar surface area (TPSA) is 156 Å². The van der Waals surface area contributed by atoms with Gasteiger partial charge in [0.1, 0.15) is 24.4 Å². The molecule has 2 amide bonds. The van der Waals surface area contributed by atoms with Crippen LogP contribution in [0.3, 0.4) is 0 Å². The molecule has 2 aromatic carbocycles. The SMILES string of the molecule is CC(=O)OC[C@H]1O[C@@H](n2cc(-c3ccccc3)nn2)[C@H](N2C(=O)c3ccccc3C2=O)[C@@H](OC(C)=O)[C@@H]1OC(C)=O. The van der Waals surface area contributed by atoms with Crippen LogP contribution in [-0.2, 0) is 33.3 Å². The van der Waals surface area contributed by atoms with Gasteiger partial charge < -0.3 is 18.9 Å². The van der Waals surface area contributed by atoms with Gasteiger partial charge >= 0.3 is 17.9 Å².